The van der Waals surface area contributed by atoms with E-state index < -0.39 is 0 Å². The molecule has 15 heavy (non-hydrogen) atoms. The molecule has 78 valence electrons. The van der Waals surface area contributed by atoms with Crippen LogP contribution in [0.1, 0.15) is 5.56 Å². The number of thiazole rings is 1. The normalized spacial score (nSPS) is 10.3. The predicted octanol–water partition coefficient (Wildman–Crippen LogP) is 3.66. The lowest BCUT2D eigenvalue weighted by atomic mass is 10.2. The Bertz CT molecular complexity index is 445. The highest BCUT2D eigenvalue weighted by Crippen LogP contribution is 2.19. The average molecular weight is 287 g/mol. The lowest BCUT2D eigenvalue weighted by molar-refractivity contribution is 0.625. The molecule has 0 amide bonds. The third-order valence-corrected chi connectivity index (χ3v) is 3.37. The third-order valence-electron chi connectivity index (χ3n) is 1.87. The smallest absolute Gasteiger partial charge is 0.182 e. The molecule has 0 aliphatic carbocycles. The molecule has 0 aliphatic rings. The minimum absolute atomic E-state index is 0.228. The van der Waals surface area contributed by atoms with E-state index >= 15 is 0 Å². The summed E-state index contributed by atoms with van der Waals surface area (Å²) in [5.41, 5.74) is 0.880. The van der Waals surface area contributed by atoms with Crippen molar-refractivity contribution < 1.29 is 4.39 Å². The first kappa shape index (κ1) is 10.6. The van der Waals surface area contributed by atoms with Gasteiger partial charge in [-0.15, -0.1) is 11.3 Å². The number of nitrogens with zero attached hydrogens (tertiary/aromatic N) is 1. The highest BCUT2D eigenvalue weighted by Gasteiger charge is 2.02. The van der Waals surface area contributed by atoms with E-state index in [-0.39, 0.29) is 5.82 Å². The van der Waals surface area contributed by atoms with Crippen LogP contribution >= 0.6 is 27.3 Å². The second kappa shape index (κ2) is 4.72. The topological polar surface area (TPSA) is 24.9 Å². The van der Waals surface area contributed by atoms with Gasteiger partial charge in [-0.3, -0.25) is 0 Å². The molecule has 5 heteroatoms. The lowest BCUT2D eigenvalue weighted by Gasteiger charge is -2.05. The van der Waals surface area contributed by atoms with Gasteiger partial charge in [0.1, 0.15) is 5.82 Å². The zero-order valence-corrected chi connectivity index (χ0v) is 10.1. The van der Waals surface area contributed by atoms with E-state index in [1.54, 1.807) is 12.3 Å². The summed E-state index contributed by atoms with van der Waals surface area (Å²) in [5, 5.41) is 5.85. The van der Waals surface area contributed by atoms with Crippen LogP contribution in [0.25, 0.3) is 0 Å². The second-order valence-corrected chi connectivity index (χ2v) is 4.68. The van der Waals surface area contributed by atoms with Crippen molar-refractivity contribution in [3.05, 3.63) is 45.6 Å². The maximum Gasteiger partial charge on any atom is 0.182 e. The Labute approximate surface area is 99.3 Å². The molecule has 0 spiro atoms. The van der Waals surface area contributed by atoms with Gasteiger partial charge in [-0.1, -0.05) is 15.9 Å². The van der Waals surface area contributed by atoms with Gasteiger partial charge in [0.2, 0.25) is 0 Å². The molecule has 1 heterocycles. The van der Waals surface area contributed by atoms with Crippen LogP contribution < -0.4 is 5.32 Å². The van der Waals surface area contributed by atoms with Gasteiger partial charge in [0.05, 0.1) is 0 Å². The molecule has 0 atom stereocenters. The first-order chi connectivity index (χ1) is 7.25. The fourth-order valence-corrected chi connectivity index (χ4v) is 2.08. The number of benzene rings is 1. The van der Waals surface area contributed by atoms with Crippen molar-refractivity contribution >= 4 is 32.4 Å². The van der Waals surface area contributed by atoms with E-state index in [1.807, 2.05) is 5.38 Å². The largest absolute Gasteiger partial charge is 0.357 e. The molecule has 2 aromatic rings. The third kappa shape index (κ3) is 2.76. The monoisotopic (exact) mass is 286 g/mol. The highest BCUT2D eigenvalue weighted by molar-refractivity contribution is 9.10. The Morgan fingerprint density at radius 2 is 2.33 bits per heavy atom. The predicted molar refractivity (Wildman–Crippen MR) is 63.5 cm³/mol. The lowest BCUT2D eigenvalue weighted by Crippen LogP contribution is -2.00. The van der Waals surface area contributed by atoms with Crippen LogP contribution in [0.15, 0.2) is 34.2 Å². The van der Waals surface area contributed by atoms with Crippen molar-refractivity contribution in [2.45, 2.75) is 6.54 Å². The summed E-state index contributed by atoms with van der Waals surface area (Å²) >= 11 is 4.89. The highest BCUT2D eigenvalue weighted by atomic mass is 79.9. The van der Waals surface area contributed by atoms with Crippen molar-refractivity contribution in [1.29, 1.82) is 0 Å². The zero-order valence-electron chi connectivity index (χ0n) is 7.71. The summed E-state index contributed by atoms with van der Waals surface area (Å²) in [4.78, 5) is 4.08. The van der Waals surface area contributed by atoms with Crippen LogP contribution in [-0.4, -0.2) is 4.98 Å². The Morgan fingerprint density at radius 3 is 3.07 bits per heavy atom. The number of halogens is 2. The average Bonchev–Trinajstić information content (AvgIpc) is 2.72. The molecule has 0 aliphatic heterocycles. The minimum Gasteiger partial charge on any atom is -0.357 e. The maximum absolute atomic E-state index is 13.0. The quantitative estimate of drug-likeness (QED) is 0.932. The number of aromatic nitrogens is 1. The zero-order chi connectivity index (χ0) is 10.7. The van der Waals surface area contributed by atoms with Gasteiger partial charge in [0.25, 0.3) is 0 Å². The van der Waals surface area contributed by atoms with Gasteiger partial charge in [-0.2, -0.15) is 0 Å². The Hall–Kier alpha value is -0.940. The first-order valence-electron chi connectivity index (χ1n) is 4.33. The fraction of sp³-hybridized carbons (Fsp3) is 0.100. The minimum atomic E-state index is -0.228. The van der Waals surface area contributed by atoms with E-state index in [0.29, 0.717) is 6.54 Å². The molecule has 0 saturated carbocycles. The van der Waals surface area contributed by atoms with Crippen LogP contribution in [0.4, 0.5) is 9.52 Å². The number of rotatable bonds is 3. The summed E-state index contributed by atoms with van der Waals surface area (Å²) in [6.07, 6.45) is 1.73. The van der Waals surface area contributed by atoms with Gasteiger partial charge in [-0.25, -0.2) is 9.37 Å². The molecule has 1 aromatic carbocycles. The molecule has 1 aromatic heterocycles. The molecule has 0 fully saturated rings. The standard InChI is InChI=1S/C10H8BrFN2S/c11-9-2-1-8(12)5-7(9)6-14-10-13-3-4-15-10/h1-5H,6H2,(H,13,14). The van der Waals surface area contributed by atoms with Crippen molar-refractivity contribution in [3.8, 4) is 0 Å². The molecule has 0 unspecified atom stereocenters. The van der Waals surface area contributed by atoms with Crippen molar-refractivity contribution in [1.82, 2.24) is 4.98 Å². The summed E-state index contributed by atoms with van der Waals surface area (Å²) in [6.45, 7) is 0.561. The Balaban J connectivity index is 2.07. The van der Waals surface area contributed by atoms with E-state index in [9.17, 15) is 4.39 Å². The van der Waals surface area contributed by atoms with Crippen molar-refractivity contribution in [2.75, 3.05) is 5.32 Å². The number of nitrogens with one attached hydrogen (secondary N) is 1. The van der Waals surface area contributed by atoms with Gasteiger partial charge in [-0.05, 0) is 23.8 Å². The van der Waals surface area contributed by atoms with Crippen LogP contribution in [-0.2, 0) is 6.54 Å². The molecule has 2 nitrogen and oxygen atoms in total. The van der Waals surface area contributed by atoms with Crippen LogP contribution in [0.5, 0.6) is 0 Å². The summed E-state index contributed by atoms with van der Waals surface area (Å²) in [7, 11) is 0. The van der Waals surface area contributed by atoms with Gasteiger partial charge in [0, 0.05) is 22.6 Å². The van der Waals surface area contributed by atoms with Crippen LogP contribution in [0.3, 0.4) is 0 Å². The molecule has 0 bridgehead atoms. The Morgan fingerprint density at radius 1 is 1.47 bits per heavy atom. The van der Waals surface area contributed by atoms with Crippen LogP contribution in [0.2, 0.25) is 0 Å². The summed E-state index contributed by atoms with van der Waals surface area (Å²) in [6, 6.07) is 4.63. The van der Waals surface area contributed by atoms with Crippen molar-refractivity contribution in [3.63, 3.8) is 0 Å². The number of hydrogen-bond acceptors (Lipinski definition) is 3. The molecule has 0 radical (unpaired) electrons. The molecular weight excluding hydrogens is 279 g/mol. The maximum atomic E-state index is 13.0. The SMILES string of the molecule is Fc1ccc(Br)c(CNc2nccs2)c1. The second-order valence-electron chi connectivity index (χ2n) is 2.93. The fourth-order valence-electron chi connectivity index (χ4n) is 1.16. The van der Waals surface area contributed by atoms with Gasteiger partial charge >= 0.3 is 0 Å². The molecule has 2 rings (SSSR count). The molecule has 1 N–H and O–H groups in total. The van der Waals surface area contributed by atoms with E-state index in [2.05, 4.69) is 26.2 Å². The van der Waals surface area contributed by atoms with Crippen LogP contribution in [0, 0.1) is 5.82 Å². The summed E-state index contributed by atoms with van der Waals surface area (Å²) < 4.78 is 13.8. The van der Waals surface area contributed by atoms with Gasteiger partial charge in [0.15, 0.2) is 5.13 Å². The van der Waals surface area contributed by atoms with E-state index in [4.69, 9.17) is 0 Å². The van der Waals surface area contributed by atoms with E-state index in [0.717, 1.165) is 15.2 Å². The first-order valence-corrected chi connectivity index (χ1v) is 6.00. The van der Waals surface area contributed by atoms with Crippen molar-refractivity contribution in [2.24, 2.45) is 0 Å². The molecular formula is C10H8BrFN2S. The van der Waals surface area contributed by atoms with E-state index in [1.165, 1.54) is 23.5 Å². The number of anilines is 1. The molecule has 0 saturated heterocycles. The number of hydrogen-bond donors (Lipinski definition) is 1. The Kier molecular flexibility index (Phi) is 3.33. The summed E-state index contributed by atoms with van der Waals surface area (Å²) in [5.74, 6) is -0.228. The van der Waals surface area contributed by atoms with Gasteiger partial charge < -0.3 is 5.32 Å².